The smallest absolute Gasteiger partial charge is 0.338 e. The zero-order valence-corrected chi connectivity index (χ0v) is 23.6. The number of ether oxygens (including phenoxy) is 3. The molecule has 1 aliphatic rings. The molecule has 0 amide bonds. The maximum Gasteiger partial charge on any atom is 0.338 e. The van der Waals surface area contributed by atoms with Crippen LogP contribution in [0.3, 0.4) is 0 Å². The Morgan fingerprint density at radius 3 is 2.23 bits per heavy atom. The number of rotatable bonds is 9. The van der Waals surface area contributed by atoms with Crippen LogP contribution in [-0.4, -0.2) is 24.3 Å². The first kappa shape index (κ1) is 27.5. The van der Waals surface area contributed by atoms with Crippen LogP contribution in [0, 0.1) is 13.8 Å². The summed E-state index contributed by atoms with van der Waals surface area (Å²) in [5.41, 5.74) is 6.21. The van der Waals surface area contributed by atoms with Gasteiger partial charge in [-0.05, 0) is 75.6 Å². The van der Waals surface area contributed by atoms with Gasteiger partial charge in [0.1, 0.15) is 17.5 Å². The molecular formula is C35H37NO4. The average molecular weight is 536 g/mol. The summed E-state index contributed by atoms with van der Waals surface area (Å²) < 4.78 is 19.2. The van der Waals surface area contributed by atoms with E-state index in [1.807, 2.05) is 63.2 Å². The van der Waals surface area contributed by atoms with Gasteiger partial charge in [0, 0.05) is 17.8 Å². The van der Waals surface area contributed by atoms with E-state index in [2.05, 4.69) is 54.7 Å². The number of fused-ring (bicyclic) bond motifs is 1. The van der Waals surface area contributed by atoms with Crippen LogP contribution in [0.1, 0.15) is 58.1 Å². The molecule has 1 heterocycles. The maximum absolute atomic E-state index is 13.3. The van der Waals surface area contributed by atoms with Crippen LogP contribution in [-0.2, 0) is 22.4 Å². The van der Waals surface area contributed by atoms with Crippen LogP contribution in [0.5, 0.6) is 5.75 Å². The molecule has 0 radical (unpaired) electrons. The van der Waals surface area contributed by atoms with Gasteiger partial charge in [-0.15, -0.1) is 0 Å². The molecule has 5 nitrogen and oxygen atoms in total. The van der Waals surface area contributed by atoms with Crippen molar-refractivity contribution in [3.05, 3.63) is 130 Å². The lowest BCUT2D eigenvalue weighted by Gasteiger charge is -2.43. The third-order valence-electron chi connectivity index (χ3n) is 7.32. The third kappa shape index (κ3) is 6.54. The Kier molecular flexibility index (Phi) is 8.22. The molecule has 1 N–H and O–H groups in total. The second-order valence-corrected chi connectivity index (χ2v) is 11.0. The molecule has 0 aromatic heterocycles. The third-order valence-corrected chi connectivity index (χ3v) is 7.32. The molecule has 40 heavy (non-hydrogen) atoms. The summed E-state index contributed by atoms with van der Waals surface area (Å²) in [4.78, 5) is 13.3. The minimum Gasteiger partial charge on any atom is -0.483 e. The molecular weight excluding hydrogens is 498 g/mol. The van der Waals surface area contributed by atoms with Crippen molar-refractivity contribution in [3.63, 3.8) is 0 Å². The van der Waals surface area contributed by atoms with Gasteiger partial charge in [0.05, 0.1) is 12.2 Å². The predicted octanol–water partition coefficient (Wildman–Crippen LogP) is 7.61. The lowest BCUT2D eigenvalue weighted by atomic mass is 9.87. The van der Waals surface area contributed by atoms with Crippen molar-refractivity contribution in [2.75, 3.05) is 11.9 Å². The van der Waals surface area contributed by atoms with E-state index in [-0.39, 0.29) is 0 Å². The van der Waals surface area contributed by atoms with Crippen molar-refractivity contribution in [1.29, 1.82) is 0 Å². The highest BCUT2D eigenvalue weighted by molar-refractivity contribution is 5.89. The molecule has 0 fully saturated rings. The number of benzene rings is 4. The number of carbonyl (C=O) groups is 1. The van der Waals surface area contributed by atoms with E-state index in [9.17, 15) is 4.79 Å². The van der Waals surface area contributed by atoms with Gasteiger partial charge in [0.2, 0.25) is 0 Å². The van der Waals surface area contributed by atoms with Crippen molar-refractivity contribution < 1.29 is 19.0 Å². The van der Waals surface area contributed by atoms with Gasteiger partial charge in [-0.1, -0.05) is 77.9 Å². The number of carbonyl (C=O) groups excluding carboxylic acids is 1. The molecule has 0 aliphatic carbocycles. The molecule has 5 heteroatoms. The first-order valence-electron chi connectivity index (χ1n) is 13.8. The van der Waals surface area contributed by atoms with Gasteiger partial charge in [-0.3, -0.25) is 0 Å². The topological polar surface area (TPSA) is 56.8 Å². The van der Waals surface area contributed by atoms with Crippen molar-refractivity contribution in [2.45, 2.75) is 58.5 Å². The van der Waals surface area contributed by atoms with Crippen LogP contribution in [0.15, 0.2) is 97.1 Å². The Bertz CT molecular complexity index is 1430. The quantitative estimate of drug-likeness (QED) is 0.224. The van der Waals surface area contributed by atoms with Crippen LogP contribution >= 0.6 is 0 Å². The van der Waals surface area contributed by atoms with Crippen LogP contribution in [0.2, 0.25) is 0 Å². The molecule has 2 unspecified atom stereocenters. The molecule has 206 valence electrons. The van der Waals surface area contributed by atoms with E-state index in [0.717, 1.165) is 29.0 Å². The molecule has 2 atom stereocenters. The van der Waals surface area contributed by atoms with Crippen molar-refractivity contribution in [3.8, 4) is 5.75 Å². The van der Waals surface area contributed by atoms with E-state index < -0.39 is 23.8 Å². The Labute approximate surface area is 237 Å². The Balaban J connectivity index is 1.41. The molecule has 5 rings (SSSR count). The minimum atomic E-state index is -0.804. The standard InChI is InChI=1S/C35H37NO4/c1-24-10-14-27(15-11-24)23-36-29-18-19-31-30(22-29)32(38-21-20-26-8-6-5-7-9-26)33(35(3,4)40-31)39-34(37)28-16-12-25(2)13-17-28/h5-19,22,32-33,36H,20-21,23H2,1-4H3. The van der Waals surface area contributed by atoms with Gasteiger partial charge in [0.25, 0.3) is 0 Å². The summed E-state index contributed by atoms with van der Waals surface area (Å²) in [6.45, 7) is 9.13. The van der Waals surface area contributed by atoms with Gasteiger partial charge >= 0.3 is 5.97 Å². The zero-order chi connectivity index (χ0) is 28.1. The fraction of sp³-hybridized carbons (Fsp3) is 0.286. The molecule has 4 aromatic rings. The summed E-state index contributed by atoms with van der Waals surface area (Å²) in [5, 5.41) is 3.52. The SMILES string of the molecule is Cc1ccc(CNc2ccc3c(c2)C(OCCc2ccccc2)C(OC(=O)c2ccc(C)cc2)C(C)(C)O3)cc1. The monoisotopic (exact) mass is 535 g/mol. The normalized spacial score (nSPS) is 17.4. The Hall–Kier alpha value is -4.09. The molecule has 0 saturated heterocycles. The summed E-state index contributed by atoms with van der Waals surface area (Å²) in [5.74, 6) is 0.341. The Morgan fingerprint density at radius 1 is 0.850 bits per heavy atom. The summed E-state index contributed by atoms with van der Waals surface area (Å²) in [6, 6.07) is 32.2. The number of anilines is 1. The molecule has 1 aliphatic heterocycles. The fourth-order valence-corrected chi connectivity index (χ4v) is 4.96. The van der Waals surface area contributed by atoms with Crippen LogP contribution in [0.4, 0.5) is 5.69 Å². The zero-order valence-electron chi connectivity index (χ0n) is 23.6. The van der Waals surface area contributed by atoms with Crippen LogP contribution < -0.4 is 10.1 Å². The molecule has 0 bridgehead atoms. The molecule has 4 aromatic carbocycles. The largest absolute Gasteiger partial charge is 0.483 e. The molecule has 0 spiro atoms. The predicted molar refractivity (Wildman–Crippen MR) is 159 cm³/mol. The number of hydrogen-bond acceptors (Lipinski definition) is 5. The Morgan fingerprint density at radius 2 is 1.52 bits per heavy atom. The van der Waals surface area contributed by atoms with Crippen molar-refractivity contribution in [2.24, 2.45) is 0 Å². The van der Waals surface area contributed by atoms with Crippen molar-refractivity contribution in [1.82, 2.24) is 0 Å². The van der Waals surface area contributed by atoms with Crippen LogP contribution in [0.25, 0.3) is 0 Å². The maximum atomic E-state index is 13.3. The number of aryl methyl sites for hydroxylation is 2. The average Bonchev–Trinajstić information content (AvgIpc) is 2.95. The summed E-state index contributed by atoms with van der Waals surface area (Å²) in [7, 11) is 0. The lowest BCUT2D eigenvalue weighted by Crippen LogP contribution is -2.51. The second-order valence-electron chi connectivity index (χ2n) is 11.0. The summed E-state index contributed by atoms with van der Waals surface area (Å²) in [6.07, 6.45) is -0.410. The number of hydrogen-bond donors (Lipinski definition) is 1. The highest BCUT2D eigenvalue weighted by Crippen LogP contribution is 2.44. The van der Waals surface area contributed by atoms with Gasteiger partial charge in [-0.2, -0.15) is 0 Å². The first-order chi connectivity index (χ1) is 19.3. The van der Waals surface area contributed by atoms with Gasteiger partial charge < -0.3 is 19.5 Å². The van der Waals surface area contributed by atoms with Crippen molar-refractivity contribution >= 4 is 11.7 Å². The lowest BCUT2D eigenvalue weighted by molar-refractivity contribution is -0.139. The van der Waals surface area contributed by atoms with E-state index in [1.54, 1.807) is 12.1 Å². The summed E-state index contributed by atoms with van der Waals surface area (Å²) >= 11 is 0. The number of nitrogens with one attached hydrogen (secondary N) is 1. The van der Waals surface area contributed by atoms with E-state index in [1.165, 1.54) is 16.7 Å². The van der Waals surface area contributed by atoms with E-state index in [4.69, 9.17) is 14.2 Å². The highest BCUT2D eigenvalue weighted by Gasteiger charge is 2.47. The highest BCUT2D eigenvalue weighted by atomic mass is 16.6. The first-order valence-corrected chi connectivity index (χ1v) is 13.8. The fourth-order valence-electron chi connectivity index (χ4n) is 4.96. The molecule has 0 saturated carbocycles. The minimum absolute atomic E-state index is 0.393. The van der Waals surface area contributed by atoms with Gasteiger partial charge in [-0.25, -0.2) is 4.79 Å². The number of esters is 1. The van der Waals surface area contributed by atoms with E-state index >= 15 is 0 Å². The van der Waals surface area contributed by atoms with E-state index in [0.29, 0.717) is 18.7 Å². The second kappa shape index (κ2) is 12.0. The van der Waals surface area contributed by atoms with Gasteiger partial charge in [0.15, 0.2) is 6.10 Å².